The summed E-state index contributed by atoms with van der Waals surface area (Å²) in [6.07, 6.45) is 0.909. The van der Waals surface area contributed by atoms with Gasteiger partial charge in [-0.05, 0) is 34.1 Å². The summed E-state index contributed by atoms with van der Waals surface area (Å²) in [6, 6.07) is 0. The van der Waals surface area contributed by atoms with Gasteiger partial charge in [0.1, 0.15) is 11.1 Å². The van der Waals surface area contributed by atoms with Gasteiger partial charge in [-0.1, -0.05) is 20.3 Å². The number of Topliss-reactive ketones (excluding diaryl/α,β-unsaturated/α-hetero) is 1. The molecule has 0 aromatic carbocycles. The molecule has 0 saturated heterocycles. The van der Waals surface area contributed by atoms with E-state index >= 15 is 0 Å². The van der Waals surface area contributed by atoms with Gasteiger partial charge < -0.3 is 15.2 Å². The highest BCUT2D eigenvalue weighted by Crippen LogP contribution is 2.17. The van der Waals surface area contributed by atoms with Crippen LogP contribution in [0.4, 0.5) is 4.79 Å². The summed E-state index contributed by atoms with van der Waals surface area (Å²) in [5, 5.41) is 11.9. The van der Waals surface area contributed by atoms with Gasteiger partial charge in [0.15, 0.2) is 5.78 Å². The topological polar surface area (TPSA) is 75.6 Å². The molecule has 0 aliphatic carbocycles. The van der Waals surface area contributed by atoms with E-state index in [2.05, 4.69) is 5.32 Å². The lowest BCUT2D eigenvalue weighted by atomic mass is 9.86. The molecule has 0 radical (unpaired) electrons. The average Bonchev–Trinajstić information content (AvgIpc) is 2.25. The number of carbonyl (C=O) groups excluding carboxylic acids is 2. The number of carbonyl (C=O) groups is 2. The number of ketones is 1. The van der Waals surface area contributed by atoms with E-state index in [9.17, 15) is 14.7 Å². The van der Waals surface area contributed by atoms with Crippen LogP contribution in [-0.2, 0) is 9.53 Å². The number of aliphatic hydroxyl groups excluding tert-OH is 1. The Morgan fingerprint density at radius 2 is 1.79 bits per heavy atom. The molecule has 1 amide bonds. The van der Waals surface area contributed by atoms with Crippen molar-refractivity contribution in [3.05, 3.63) is 0 Å². The van der Waals surface area contributed by atoms with Crippen molar-refractivity contribution in [2.24, 2.45) is 5.92 Å². The van der Waals surface area contributed by atoms with Gasteiger partial charge in [0.2, 0.25) is 0 Å². The van der Waals surface area contributed by atoms with Crippen LogP contribution < -0.4 is 5.32 Å². The van der Waals surface area contributed by atoms with Gasteiger partial charge in [0, 0.05) is 5.92 Å². The zero-order valence-electron chi connectivity index (χ0n) is 12.9. The number of ether oxygens (including phenoxy) is 1. The molecule has 0 aromatic rings. The second kappa shape index (κ2) is 6.89. The molecule has 112 valence electrons. The standard InChI is InChI=1S/C14H27NO4/c1-7-8-10(2)11(17)14(6,9-16)15-12(18)19-13(3,4)5/h10,16H,7-9H2,1-6H3,(H,15,18)/t10?,14-/m1/s1. The fraction of sp³-hybridized carbons (Fsp3) is 0.857. The fourth-order valence-corrected chi connectivity index (χ4v) is 1.82. The number of nitrogens with one attached hydrogen (secondary N) is 1. The lowest BCUT2D eigenvalue weighted by Crippen LogP contribution is -2.57. The molecule has 0 aliphatic heterocycles. The third-order valence-electron chi connectivity index (χ3n) is 2.81. The number of hydrogen-bond donors (Lipinski definition) is 2. The monoisotopic (exact) mass is 273 g/mol. The van der Waals surface area contributed by atoms with Crippen molar-refractivity contribution in [2.75, 3.05) is 6.61 Å². The predicted octanol–water partition coefficient (Wildman–Crippen LogP) is 2.27. The van der Waals surface area contributed by atoms with Crippen LogP contribution in [-0.4, -0.2) is 34.7 Å². The molecule has 0 fully saturated rings. The van der Waals surface area contributed by atoms with Crippen LogP contribution in [0.1, 0.15) is 54.4 Å². The Morgan fingerprint density at radius 1 is 1.26 bits per heavy atom. The first-order valence-electron chi connectivity index (χ1n) is 6.72. The number of aliphatic hydroxyl groups is 1. The van der Waals surface area contributed by atoms with Crippen molar-refractivity contribution >= 4 is 11.9 Å². The lowest BCUT2D eigenvalue weighted by molar-refractivity contribution is -0.130. The number of alkyl carbamates (subject to hydrolysis) is 1. The van der Waals surface area contributed by atoms with Gasteiger partial charge in [-0.15, -0.1) is 0 Å². The first-order valence-corrected chi connectivity index (χ1v) is 6.72. The Labute approximate surface area is 115 Å². The Morgan fingerprint density at radius 3 is 2.16 bits per heavy atom. The van der Waals surface area contributed by atoms with Crippen molar-refractivity contribution in [3.63, 3.8) is 0 Å². The van der Waals surface area contributed by atoms with Crippen LogP contribution >= 0.6 is 0 Å². The Bertz CT molecular complexity index is 322. The van der Waals surface area contributed by atoms with Crippen LogP contribution in [0, 0.1) is 5.92 Å². The van der Waals surface area contributed by atoms with Crippen LogP contribution in [0.15, 0.2) is 0 Å². The Kier molecular flexibility index (Phi) is 6.49. The third-order valence-corrected chi connectivity index (χ3v) is 2.81. The molecule has 0 bridgehead atoms. The maximum Gasteiger partial charge on any atom is 0.408 e. The SMILES string of the molecule is CCCC(C)C(=O)[C@@](C)(CO)NC(=O)OC(C)(C)C. The first kappa shape index (κ1) is 17.9. The van der Waals surface area contributed by atoms with Crippen molar-refractivity contribution < 1.29 is 19.4 Å². The summed E-state index contributed by atoms with van der Waals surface area (Å²) in [4.78, 5) is 24.0. The highest BCUT2D eigenvalue weighted by molar-refractivity contribution is 5.93. The van der Waals surface area contributed by atoms with Crippen LogP contribution in [0.25, 0.3) is 0 Å². The van der Waals surface area contributed by atoms with Crippen molar-refractivity contribution in [3.8, 4) is 0 Å². The maximum absolute atomic E-state index is 12.3. The zero-order chi connectivity index (χ0) is 15.3. The molecule has 5 nitrogen and oxygen atoms in total. The molecule has 2 N–H and O–H groups in total. The highest BCUT2D eigenvalue weighted by atomic mass is 16.6. The van der Waals surface area contributed by atoms with E-state index in [1.165, 1.54) is 6.92 Å². The van der Waals surface area contributed by atoms with Crippen LogP contribution in [0.3, 0.4) is 0 Å². The highest BCUT2D eigenvalue weighted by Gasteiger charge is 2.37. The normalized spacial score (nSPS) is 16.4. The molecule has 0 heterocycles. The molecule has 0 saturated carbocycles. The van der Waals surface area contributed by atoms with Crippen molar-refractivity contribution in [1.82, 2.24) is 5.32 Å². The van der Waals surface area contributed by atoms with E-state index in [1.807, 2.05) is 6.92 Å². The van der Waals surface area contributed by atoms with Gasteiger partial charge in [-0.2, -0.15) is 0 Å². The minimum atomic E-state index is -1.29. The van der Waals surface area contributed by atoms with E-state index in [0.717, 1.165) is 12.8 Å². The number of rotatable bonds is 6. The van der Waals surface area contributed by atoms with E-state index in [0.29, 0.717) is 0 Å². The molecular formula is C14H27NO4. The molecule has 0 aromatic heterocycles. The summed E-state index contributed by atoms with van der Waals surface area (Å²) in [6.45, 7) is 10.1. The van der Waals surface area contributed by atoms with Crippen molar-refractivity contribution in [1.29, 1.82) is 0 Å². The summed E-state index contributed by atoms with van der Waals surface area (Å²) in [5.74, 6) is -0.389. The Hall–Kier alpha value is -1.10. The fourth-order valence-electron chi connectivity index (χ4n) is 1.82. The second-order valence-corrected chi connectivity index (χ2v) is 6.17. The van der Waals surface area contributed by atoms with Gasteiger partial charge in [0.25, 0.3) is 0 Å². The quantitative estimate of drug-likeness (QED) is 0.778. The largest absolute Gasteiger partial charge is 0.444 e. The van der Waals surface area contributed by atoms with Gasteiger partial charge >= 0.3 is 6.09 Å². The van der Waals surface area contributed by atoms with E-state index in [1.54, 1.807) is 27.7 Å². The molecule has 19 heavy (non-hydrogen) atoms. The van der Waals surface area contributed by atoms with Crippen LogP contribution in [0.5, 0.6) is 0 Å². The van der Waals surface area contributed by atoms with Crippen molar-refractivity contribution in [2.45, 2.75) is 65.5 Å². The zero-order valence-corrected chi connectivity index (χ0v) is 12.9. The third kappa shape index (κ3) is 6.05. The Balaban J connectivity index is 4.78. The molecule has 0 spiro atoms. The van der Waals surface area contributed by atoms with Gasteiger partial charge in [0.05, 0.1) is 6.61 Å². The van der Waals surface area contributed by atoms with E-state index in [4.69, 9.17) is 4.74 Å². The predicted molar refractivity (Wildman–Crippen MR) is 73.9 cm³/mol. The molecule has 0 rings (SSSR count). The maximum atomic E-state index is 12.3. The van der Waals surface area contributed by atoms with Gasteiger partial charge in [-0.25, -0.2) is 4.79 Å². The first-order chi connectivity index (χ1) is 8.55. The summed E-state index contributed by atoms with van der Waals surface area (Å²) in [7, 11) is 0. The smallest absolute Gasteiger partial charge is 0.408 e. The minimum Gasteiger partial charge on any atom is -0.444 e. The summed E-state index contributed by atoms with van der Waals surface area (Å²) in [5.41, 5.74) is -1.94. The van der Waals surface area contributed by atoms with E-state index in [-0.39, 0.29) is 11.7 Å². The van der Waals surface area contributed by atoms with Crippen LogP contribution in [0.2, 0.25) is 0 Å². The molecule has 1 unspecified atom stereocenters. The average molecular weight is 273 g/mol. The lowest BCUT2D eigenvalue weighted by Gasteiger charge is -2.31. The second-order valence-electron chi connectivity index (χ2n) is 6.17. The van der Waals surface area contributed by atoms with Gasteiger partial charge in [-0.3, -0.25) is 4.79 Å². The number of amides is 1. The molecule has 0 aliphatic rings. The molecule has 2 atom stereocenters. The van der Waals surface area contributed by atoms with E-state index < -0.39 is 23.8 Å². The molecular weight excluding hydrogens is 246 g/mol. The summed E-state index contributed by atoms with van der Waals surface area (Å²) < 4.78 is 5.11. The number of hydrogen-bond acceptors (Lipinski definition) is 4. The minimum absolute atomic E-state index is 0.178. The summed E-state index contributed by atoms with van der Waals surface area (Å²) >= 11 is 0. The molecule has 5 heteroatoms.